The van der Waals surface area contributed by atoms with Crippen molar-refractivity contribution in [2.24, 2.45) is 0 Å². The quantitative estimate of drug-likeness (QED) is 0.911. The van der Waals surface area contributed by atoms with E-state index >= 15 is 0 Å². The lowest BCUT2D eigenvalue weighted by Gasteiger charge is -2.26. The molecule has 19 heavy (non-hydrogen) atoms. The topological polar surface area (TPSA) is 57.6 Å². The van der Waals surface area contributed by atoms with E-state index in [0.29, 0.717) is 24.6 Å². The Morgan fingerprint density at radius 2 is 1.89 bits per heavy atom. The molecule has 1 heterocycles. The molecule has 0 atom stereocenters. The molecule has 0 radical (unpaired) electrons. The predicted octanol–water partition coefficient (Wildman–Crippen LogP) is 1.19. The van der Waals surface area contributed by atoms with Crippen LogP contribution < -0.4 is 0 Å². The molecule has 0 saturated carbocycles. The fourth-order valence-corrected chi connectivity index (χ4v) is 4.51. The lowest BCUT2D eigenvalue weighted by molar-refractivity contribution is 0.267. The maximum Gasteiger partial charge on any atom is 0.246 e. The van der Waals surface area contributed by atoms with Crippen molar-refractivity contribution in [3.05, 3.63) is 29.3 Å². The first-order valence-electron chi connectivity index (χ1n) is 5.64. The Balaban J connectivity index is 2.46. The summed E-state index contributed by atoms with van der Waals surface area (Å²) >= 11 is 1.62. The van der Waals surface area contributed by atoms with E-state index in [1.165, 1.54) is 4.31 Å². The van der Waals surface area contributed by atoms with Crippen molar-refractivity contribution >= 4 is 21.8 Å². The van der Waals surface area contributed by atoms with Crippen LogP contribution in [0.25, 0.3) is 0 Å². The first kappa shape index (κ1) is 14.7. The van der Waals surface area contributed by atoms with Gasteiger partial charge in [-0.2, -0.15) is 16.1 Å². The fourth-order valence-electron chi connectivity index (χ4n) is 1.85. The summed E-state index contributed by atoms with van der Waals surface area (Å²) in [6.45, 7) is -0.270. The van der Waals surface area contributed by atoms with Gasteiger partial charge < -0.3 is 5.11 Å². The van der Waals surface area contributed by atoms with Gasteiger partial charge >= 0.3 is 0 Å². The molecule has 0 spiro atoms. The van der Waals surface area contributed by atoms with E-state index < -0.39 is 38.7 Å². The average molecular weight is 309 g/mol. The second-order valence-corrected chi connectivity index (χ2v) is 7.14. The molecule has 4 nitrogen and oxygen atoms in total. The summed E-state index contributed by atoms with van der Waals surface area (Å²) in [6.07, 6.45) is 0. The molecule has 1 aromatic rings. The molecule has 0 bridgehead atoms. The van der Waals surface area contributed by atoms with Crippen LogP contribution >= 0.6 is 11.8 Å². The zero-order valence-corrected chi connectivity index (χ0v) is 11.6. The SMILES string of the molecule is O=S(=O)(c1ccc(F)c(CO)c1F)N1CCSCC1. The molecule has 0 unspecified atom stereocenters. The van der Waals surface area contributed by atoms with Crippen LogP contribution in [0.5, 0.6) is 0 Å². The fraction of sp³-hybridized carbons (Fsp3) is 0.455. The molecule has 1 saturated heterocycles. The number of nitrogens with zero attached hydrogens (tertiary/aromatic N) is 1. The summed E-state index contributed by atoms with van der Waals surface area (Å²) in [5.41, 5.74) is -0.618. The summed E-state index contributed by atoms with van der Waals surface area (Å²) < 4.78 is 52.9. The third kappa shape index (κ3) is 2.76. The van der Waals surface area contributed by atoms with E-state index in [0.717, 1.165) is 12.1 Å². The minimum atomic E-state index is -3.97. The lowest BCUT2D eigenvalue weighted by Crippen LogP contribution is -2.38. The van der Waals surface area contributed by atoms with Crippen LogP contribution in [0.4, 0.5) is 8.78 Å². The van der Waals surface area contributed by atoms with Crippen molar-refractivity contribution in [2.75, 3.05) is 24.6 Å². The highest BCUT2D eigenvalue weighted by atomic mass is 32.2. The van der Waals surface area contributed by atoms with Gasteiger partial charge in [-0.15, -0.1) is 0 Å². The van der Waals surface area contributed by atoms with Crippen LogP contribution in [0.3, 0.4) is 0 Å². The van der Waals surface area contributed by atoms with Gasteiger partial charge in [0.25, 0.3) is 0 Å². The highest BCUT2D eigenvalue weighted by molar-refractivity contribution is 7.99. The van der Waals surface area contributed by atoms with Crippen LogP contribution in [0, 0.1) is 11.6 Å². The monoisotopic (exact) mass is 309 g/mol. The molecule has 1 N–H and O–H groups in total. The molecule has 1 fully saturated rings. The standard InChI is InChI=1S/C11H13F2NO3S2/c12-9-1-2-10(11(13)8(9)7-15)19(16,17)14-3-5-18-6-4-14/h1-2,15H,3-7H2. The molecule has 0 aliphatic carbocycles. The van der Waals surface area contributed by atoms with Gasteiger partial charge in [-0.25, -0.2) is 17.2 Å². The lowest BCUT2D eigenvalue weighted by atomic mass is 10.2. The highest BCUT2D eigenvalue weighted by Crippen LogP contribution is 2.25. The Hall–Kier alpha value is -0.700. The second kappa shape index (κ2) is 5.74. The molecule has 106 valence electrons. The van der Waals surface area contributed by atoms with E-state index in [2.05, 4.69) is 0 Å². The maximum atomic E-state index is 14.0. The normalized spacial score (nSPS) is 17.6. The van der Waals surface area contributed by atoms with Crippen molar-refractivity contribution in [3.63, 3.8) is 0 Å². The molecular formula is C11H13F2NO3S2. The van der Waals surface area contributed by atoms with E-state index in [1.807, 2.05) is 0 Å². The molecule has 1 aromatic carbocycles. The molecule has 1 aliphatic heterocycles. The van der Waals surface area contributed by atoms with Crippen LogP contribution in [0.2, 0.25) is 0 Å². The third-order valence-electron chi connectivity index (χ3n) is 2.90. The smallest absolute Gasteiger partial charge is 0.246 e. The van der Waals surface area contributed by atoms with Crippen molar-refractivity contribution < 1.29 is 22.3 Å². The van der Waals surface area contributed by atoms with E-state index in [4.69, 9.17) is 5.11 Å². The van der Waals surface area contributed by atoms with E-state index in [1.54, 1.807) is 11.8 Å². The van der Waals surface area contributed by atoms with Crippen LogP contribution in [-0.4, -0.2) is 42.4 Å². The van der Waals surface area contributed by atoms with Crippen LogP contribution in [0.15, 0.2) is 17.0 Å². The minimum absolute atomic E-state index is 0.304. The Morgan fingerprint density at radius 1 is 1.26 bits per heavy atom. The number of sulfonamides is 1. The molecular weight excluding hydrogens is 296 g/mol. The maximum absolute atomic E-state index is 14.0. The molecule has 2 rings (SSSR count). The largest absolute Gasteiger partial charge is 0.391 e. The summed E-state index contributed by atoms with van der Waals surface area (Å²) in [7, 11) is -3.97. The number of hydrogen-bond acceptors (Lipinski definition) is 4. The van der Waals surface area contributed by atoms with E-state index in [9.17, 15) is 17.2 Å². The number of aliphatic hydroxyl groups excluding tert-OH is 1. The van der Waals surface area contributed by atoms with Gasteiger partial charge in [-0.1, -0.05) is 0 Å². The number of hydrogen-bond donors (Lipinski definition) is 1. The highest BCUT2D eigenvalue weighted by Gasteiger charge is 2.30. The predicted molar refractivity (Wildman–Crippen MR) is 68.4 cm³/mol. The van der Waals surface area contributed by atoms with Gasteiger partial charge in [-0.3, -0.25) is 0 Å². The summed E-state index contributed by atoms with van der Waals surface area (Å²) in [6, 6.07) is 1.77. The average Bonchev–Trinajstić information content (AvgIpc) is 2.40. The Morgan fingerprint density at radius 3 is 2.47 bits per heavy atom. The number of halogens is 2. The van der Waals surface area contributed by atoms with Gasteiger partial charge in [0.2, 0.25) is 10.0 Å². The van der Waals surface area contributed by atoms with Gasteiger partial charge in [-0.05, 0) is 12.1 Å². The van der Waals surface area contributed by atoms with Gasteiger partial charge in [0.05, 0.1) is 12.2 Å². The molecule has 0 aromatic heterocycles. The number of thioether (sulfide) groups is 1. The Kier molecular flexibility index (Phi) is 4.44. The first-order chi connectivity index (χ1) is 8.98. The zero-order valence-electron chi connectivity index (χ0n) is 9.97. The van der Waals surface area contributed by atoms with Gasteiger partial charge in [0.15, 0.2) is 5.82 Å². The Labute approximate surface area is 114 Å². The van der Waals surface area contributed by atoms with Gasteiger partial charge in [0, 0.05) is 24.6 Å². The van der Waals surface area contributed by atoms with Gasteiger partial charge in [0.1, 0.15) is 10.7 Å². The zero-order chi connectivity index (χ0) is 14.0. The Bertz CT molecular complexity index is 572. The van der Waals surface area contributed by atoms with Crippen LogP contribution in [0.1, 0.15) is 5.56 Å². The molecule has 0 amide bonds. The summed E-state index contributed by atoms with van der Waals surface area (Å²) in [5, 5.41) is 8.91. The van der Waals surface area contributed by atoms with Crippen molar-refractivity contribution in [2.45, 2.75) is 11.5 Å². The van der Waals surface area contributed by atoms with Crippen molar-refractivity contribution in [1.82, 2.24) is 4.31 Å². The van der Waals surface area contributed by atoms with Crippen LogP contribution in [-0.2, 0) is 16.6 Å². The van der Waals surface area contributed by atoms with E-state index in [-0.39, 0.29) is 0 Å². The summed E-state index contributed by atoms with van der Waals surface area (Å²) in [5.74, 6) is -0.863. The number of aliphatic hydroxyl groups is 1. The minimum Gasteiger partial charge on any atom is -0.391 e. The first-order valence-corrected chi connectivity index (χ1v) is 8.23. The molecule has 8 heteroatoms. The number of benzene rings is 1. The second-order valence-electron chi connectivity index (χ2n) is 4.01. The summed E-state index contributed by atoms with van der Waals surface area (Å²) in [4.78, 5) is -0.579. The third-order valence-corrected chi connectivity index (χ3v) is 5.76. The van der Waals surface area contributed by atoms with Crippen molar-refractivity contribution in [1.29, 1.82) is 0 Å². The number of rotatable bonds is 3. The molecule has 1 aliphatic rings. The van der Waals surface area contributed by atoms with Crippen molar-refractivity contribution in [3.8, 4) is 0 Å².